The van der Waals surface area contributed by atoms with Crippen LogP contribution in [-0.2, 0) is 4.74 Å². The van der Waals surface area contributed by atoms with Gasteiger partial charge in [-0.05, 0) is 6.92 Å². The van der Waals surface area contributed by atoms with Gasteiger partial charge in [-0.1, -0.05) is 30.3 Å². The molecular formula is C10H11O2. The van der Waals surface area contributed by atoms with Crippen molar-refractivity contribution in [1.29, 1.82) is 0 Å². The molecule has 1 aromatic carbocycles. The highest BCUT2D eigenvalue weighted by atomic mass is 16.5. The van der Waals surface area contributed by atoms with Crippen molar-refractivity contribution in [1.82, 2.24) is 0 Å². The number of hydrogen-bond donors (Lipinski definition) is 0. The van der Waals surface area contributed by atoms with Gasteiger partial charge in [-0.25, -0.2) is 0 Å². The predicted octanol–water partition coefficient (Wildman–Crippen LogP) is 1.72. The highest BCUT2D eigenvalue weighted by molar-refractivity contribution is 5.96. The zero-order valence-corrected chi connectivity index (χ0v) is 6.82. The first-order chi connectivity index (χ1) is 5.84. The maximum absolute atomic E-state index is 11.3. The predicted molar refractivity (Wildman–Crippen MR) is 46.9 cm³/mol. The fourth-order valence-electron chi connectivity index (χ4n) is 0.872. The van der Waals surface area contributed by atoms with Crippen LogP contribution in [0.3, 0.4) is 0 Å². The Morgan fingerprint density at radius 2 is 2.00 bits per heavy atom. The molecule has 0 atom stereocenters. The van der Waals surface area contributed by atoms with Crippen molar-refractivity contribution >= 4 is 5.78 Å². The summed E-state index contributed by atoms with van der Waals surface area (Å²) in [5.74, 6) is -0.000694. The van der Waals surface area contributed by atoms with E-state index in [-0.39, 0.29) is 12.4 Å². The molecule has 0 saturated carbocycles. The number of hydrogen-bond acceptors (Lipinski definition) is 2. The van der Waals surface area contributed by atoms with Crippen molar-refractivity contribution in [2.75, 3.05) is 13.2 Å². The number of ether oxygens (including phenoxy) is 1. The summed E-state index contributed by atoms with van der Waals surface area (Å²) in [6.07, 6.45) is 0. The van der Waals surface area contributed by atoms with E-state index in [9.17, 15) is 4.79 Å². The van der Waals surface area contributed by atoms with Crippen LogP contribution in [0.4, 0.5) is 0 Å². The summed E-state index contributed by atoms with van der Waals surface area (Å²) < 4.78 is 4.89. The second kappa shape index (κ2) is 4.67. The van der Waals surface area contributed by atoms with Crippen molar-refractivity contribution in [3.05, 3.63) is 42.8 Å². The van der Waals surface area contributed by atoms with Crippen molar-refractivity contribution < 1.29 is 9.53 Å². The number of carbonyl (C=O) groups is 1. The van der Waals surface area contributed by atoms with E-state index in [1.807, 2.05) is 18.2 Å². The van der Waals surface area contributed by atoms with Crippen LogP contribution >= 0.6 is 0 Å². The molecule has 63 valence electrons. The monoisotopic (exact) mass is 163 g/mol. The Morgan fingerprint density at radius 1 is 1.33 bits per heavy atom. The molecule has 0 aliphatic carbocycles. The first kappa shape index (κ1) is 8.94. The SMILES string of the molecule is [CH2]COCC(=O)c1ccccc1. The average molecular weight is 163 g/mol. The van der Waals surface area contributed by atoms with E-state index < -0.39 is 0 Å². The molecule has 0 saturated heterocycles. The molecule has 0 fully saturated rings. The third-order valence-electron chi connectivity index (χ3n) is 1.47. The van der Waals surface area contributed by atoms with Gasteiger partial charge in [0.25, 0.3) is 0 Å². The molecule has 0 spiro atoms. The summed E-state index contributed by atoms with van der Waals surface area (Å²) in [6.45, 7) is 3.93. The lowest BCUT2D eigenvalue weighted by molar-refractivity contribution is 0.0804. The Kier molecular flexibility index (Phi) is 3.48. The molecule has 1 radical (unpaired) electrons. The van der Waals surface area contributed by atoms with E-state index in [2.05, 4.69) is 6.92 Å². The van der Waals surface area contributed by atoms with Gasteiger partial charge in [-0.2, -0.15) is 0 Å². The smallest absolute Gasteiger partial charge is 0.188 e. The van der Waals surface area contributed by atoms with Crippen molar-refractivity contribution in [2.45, 2.75) is 0 Å². The van der Waals surface area contributed by atoms with Crippen LogP contribution in [-0.4, -0.2) is 19.0 Å². The molecule has 0 bridgehead atoms. The molecule has 1 rings (SSSR count). The molecule has 1 aromatic rings. The molecule has 2 nitrogen and oxygen atoms in total. The molecule has 0 aliphatic rings. The minimum Gasteiger partial charge on any atom is -0.373 e. The Morgan fingerprint density at radius 3 is 2.58 bits per heavy atom. The molecule has 0 aromatic heterocycles. The van der Waals surface area contributed by atoms with Crippen molar-refractivity contribution in [3.8, 4) is 0 Å². The minimum absolute atomic E-state index is 0.000694. The maximum Gasteiger partial charge on any atom is 0.188 e. The van der Waals surface area contributed by atoms with E-state index in [0.717, 1.165) is 0 Å². The maximum atomic E-state index is 11.3. The molecule has 0 amide bonds. The van der Waals surface area contributed by atoms with Gasteiger partial charge in [0.2, 0.25) is 0 Å². The molecule has 2 heteroatoms. The van der Waals surface area contributed by atoms with Crippen molar-refractivity contribution in [2.24, 2.45) is 0 Å². The third-order valence-corrected chi connectivity index (χ3v) is 1.47. The Bertz CT molecular complexity index is 241. The topological polar surface area (TPSA) is 26.3 Å². The Balaban J connectivity index is 2.54. The van der Waals surface area contributed by atoms with Gasteiger partial charge in [0.15, 0.2) is 5.78 Å². The first-order valence-corrected chi connectivity index (χ1v) is 3.80. The van der Waals surface area contributed by atoms with Crippen LogP contribution in [0.1, 0.15) is 10.4 Å². The minimum atomic E-state index is -0.000694. The lowest BCUT2D eigenvalue weighted by Gasteiger charge is -1.99. The summed E-state index contributed by atoms with van der Waals surface area (Å²) in [7, 11) is 0. The largest absolute Gasteiger partial charge is 0.373 e. The second-order valence-corrected chi connectivity index (χ2v) is 2.34. The second-order valence-electron chi connectivity index (χ2n) is 2.34. The summed E-state index contributed by atoms with van der Waals surface area (Å²) in [5.41, 5.74) is 0.686. The van der Waals surface area contributed by atoms with Crippen LogP contribution < -0.4 is 0 Å². The fourth-order valence-corrected chi connectivity index (χ4v) is 0.872. The number of carbonyl (C=O) groups excluding carboxylic acids is 1. The van der Waals surface area contributed by atoms with Gasteiger partial charge in [0, 0.05) is 12.2 Å². The van der Waals surface area contributed by atoms with Crippen molar-refractivity contribution in [3.63, 3.8) is 0 Å². The summed E-state index contributed by atoms with van der Waals surface area (Å²) >= 11 is 0. The summed E-state index contributed by atoms with van der Waals surface area (Å²) in [4.78, 5) is 11.3. The number of rotatable bonds is 4. The quantitative estimate of drug-likeness (QED) is 0.632. The van der Waals surface area contributed by atoms with Crippen LogP contribution in [0.2, 0.25) is 0 Å². The van der Waals surface area contributed by atoms with Gasteiger partial charge in [-0.15, -0.1) is 0 Å². The van der Waals surface area contributed by atoms with E-state index in [1.165, 1.54) is 0 Å². The first-order valence-electron chi connectivity index (χ1n) is 3.80. The van der Waals surface area contributed by atoms with Gasteiger partial charge in [0.05, 0.1) is 0 Å². The normalized spacial score (nSPS) is 9.75. The Labute approximate surface area is 72.2 Å². The summed E-state index contributed by atoms with van der Waals surface area (Å²) in [5, 5.41) is 0. The molecule has 0 unspecified atom stereocenters. The lowest BCUT2D eigenvalue weighted by atomic mass is 10.1. The van der Waals surface area contributed by atoms with Crippen LogP contribution in [0.15, 0.2) is 30.3 Å². The zero-order valence-electron chi connectivity index (χ0n) is 6.82. The van der Waals surface area contributed by atoms with Gasteiger partial charge >= 0.3 is 0 Å². The van der Waals surface area contributed by atoms with Crippen LogP contribution in [0, 0.1) is 6.92 Å². The third kappa shape index (κ3) is 2.47. The number of benzene rings is 1. The molecule has 0 aliphatic heterocycles. The lowest BCUT2D eigenvalue weighted by Crippen LogP contribution is -2.08. The molecule has 0 N–H and O–H groups in total. The zero-order chi connectivity index (χ0) is 8.81. The van der Waals surface area contributed by atoms with Crippen LogP contribution in [0.25, 0.3) is 0 Å². The fraction of sp³-hybridized carbons (Fsp3) is 0.200. The molecular weight excluding hydrogens is 152 g/mol. The molecule has 12 heavy (non-hydrogen) atoms. The molecule has 0 heterocycles. The van der Waals surface area contributed by atoms with Gasteiger partial charge < -0.3 is 4.74 Å². The highest BCUT2D eigenvalue weighted by Gasteiger charge is 2.02. The van der Waals surface area contributed by atoms with E-state index in [1.54, 1.807) is 12.1 Å². The van der Waals surface area contributed by atoms with E-state index in [0.29, 0.717) is 12.2 Å². The van der Waals surface area contributed by atoms with E-state index in [4.69, 9.17) is 4.74 Å². The van der Waals surface area contributed by atoms with Gasteiger partial charge in [0.1, 0.15) is 6.61 Å². The van der Waals surface area contributed by atoms with Crippen LogP contribution in [0.5, 0.6) is 0 Å². The number of ketones is 1. The van der Waals surface area contributed by atoms with E-state index >= 15 is 0 Å². The summed E-state index contributed by atoms with van der Waals surface area (Å²) in [6, 6.07) is 9.08. The van der Waals surface area contributed by atoms with Gasteiger partial charge in [-0.3, -0.25) is 4.79 Å². The average Bonchev–Trinajstić information content (AvgIpc) is 2.15. The number of Topliss-reactive ketones (excluding diaryl/α,β-unsaturated/α-hetero) is 1. The Hall–Kier alpha value is -1.15. The highest BCUT2D eigenvalue weighted by Crippen LogP contribution is 1.99. The standard InChI is InChI=1S/C10H11O2/c1-2-12-8-10(11)9-6-4-3-5-7-9/h3-7H,1-2,8H2.